The second-order valence-corrected chi connectivity index (χ2v) is 6.11. The average molecular weight is 341 g/mol. The van der Waals surface area contributed by atoms with Crippen LogP contribution in [0, 0.1) is 0 Å². The molecule has 122 valence electrons. The van der Waals surface area contributed by atoms with E-state index in [2.05, 4.69) is 10.6 Å². The van der Waals surface area contributed by atoms with Gasteiger partial charge < -0.3 is 10.6 Å². The molecule has 24 heavy (non-hydrogen) atoms. The van der Waals surface area contributed by atoms with Crippen molar-refractivity contribution in [2.24, 2.45) is 0 Å². The number of benzene rings is 2. The predicted octanol–water partition coefficient (Wildman–Crippen LogP) is 3.88. The number of carbonyl (C=O) groups is 2. The number of hydrogen-bond acceptors (Lipinski definition) is 2. The van der Waals surface area contributed by atoms with Crippen LogP contribution in [0.25, 0.3) is 6.08 Å². The number of nitrogens with one attached hydrogen (secondary N) is 2. The van der Waals surface area contributed by atoms with E-state index >= 15 is 0 Å². The molecule has 0 spiro atoms. The number of halogens is 1. The molecule has 0 bridgehead atoms. The van der Waals surface area contributed by atoms with Crippen LogP contribution in [0.2, 0.25) is 5.02 Å². The predicted molar refractivity (Wildman–Crippen MR) is 96.0 cm³/mol. The molecule has 2 aromatic rings. The second-order valence-electron chi connectivity index (χ2n) is 5.67. The first-order valence-electron chi connectivity index (χ1n) is 7.76. The van der Waals surface area contributed by atoms with Gasteiger partial charge in [-0.3, -0.25) is 9.59 Å². The van der Waals surface area contributed by atoms with Crippen LogP contribution >= 0.6 is 11.6 Å². The van der Waals surface area contributed by atoms with Gasteiger partial charge in [0.05, 0.1) is 11.3 Å². The van der Waals surface area contributed by atoms with Crippen LogP contribution in [0.15, 0.2) is 54.6 Å². The number of anilines is 1. The average Bonchev–Trinajstić information content (AvgIpc) is 3.37. The van der Waals surface area contributed by atoms with E-state index in [4.69, 9.17) is 11.6 Å². The summed E-state index contributed by atoms with van der Waals surface area (Å²) >= 11 is 5.91. The maximum absolute atomic E-state index is 12.2. The van der Waals surface area contributed by atoms with Crippen LogP contribution in [0.3, 0.4) is 0 Å². The third-order valence-corrected chi connectivity index (χ3v) is 3.85. The SMILES string of the molecule is O=C(/C=C/c1cccc(Cl)c1)Nc1ccccc1C(=O)NC1CC1. The summed E-state index contributed by atoms with van der Waals surface area (Å²) in [7, 11) is 0. The van der Waals surface area contributed by atoms with Gasteiger partial charge in [0.1, 0.15) is 0 Å². The number of hydrogen-bond donors (Lipinski definition) is 2. The molecule has 2 amide bonds. The highest BCUT2D eigenvalue weighted by atomic mass is 35.5. The Balaban J connectivity index is 1.68. The summed E-state index contributed by atoms with van der Waals surface area (Å²) in [5.74, 6) is -0.464. The number of carbonyl (C=O) groups excluding carboxylic acids is 2. The summed E-state index contributed by atoms with van der Waals surface area (Å²) in [6, 6.07) is 14.5. The standard InChI is InChI=1S/C19H17ClN2O2/c20-14-5-3-4-13(12-14)8-11-18(23)22-17-7-2-1-6-16(17)19(24)21-15-9-10-15/h1-8,11-12,15H,9-10H2,(H,21,24)(H,22,23)/b11-8+. The molecular formula is C19H17ClN2O2. The summed E-state index contributed by atoms with van der Waals surface area (Å²) in [5, 5.41) is 6.29. The molecule has 1 saturated carbocycles. The van der Waals surface area contributed by atoms with E-state index in [1.165, 1.54) is 6.08 Å². The second kappa shape index (κ2) is 7.32. The van der Waals surface area contributed by atoms with E-state index in [9.17, 15) is 9.59 Å². The highest BCUT2D eigenvalue weighted by Crippen LogP contribution is 2.21. The van der Waals surface area contributed by atoms with Crippen LogP contribution in [0.1, 0.15) is 28.8 Å². The monoisotopic (exact) mass is 340 g/mol. The van der Waals surface area contributed by atoms with Crippen molar-refractivity contribution >= 4 is 35.2 Å². The molecule has 1 aliphatic carbocycles. The molecule has 2 N–H and O–H groups in total. The molecule has 0 unspecified atom stereocenters. The first kappa shape index (κ1) is 16.3. The number of amides is 2. The van der Waals surface area contributed by atoms with Crippen molar-refractivity contribution in [2.45, 2.75) is 18.9 Å². The molecule has 4 nitrogen and oxygen atoms in total. The van der Waals surface area contributed by atoms with Crippen molar-refractivity contribution in [3.63, 3.8) is 0 Å². The van der Waals surface area contributed by atoms with Gasteiger partial charge in [0.2, 0.25) is 5.91 Å². The topological polar surface area (TPSA) is 58.2 Å². The Morgan fingerprint density at radius 3 is 2.62 bits per heavy atom. The molecule has 1 fully saturated rings. The molecule has 0 heterocycles. The molecule has 0 saturated heterocycles. The fraction of sp³-hybridized carbons (Fsp3) is 0.158. The first-order valence-corrected chi connectivity index (χ1v) is 8.14. The lowest BCUT2D eigenvalue weighted by Crippen LogP contribution is -2.26. The Hall–Kier alpha value is -2.59. The van der Waals surface area contributed by atoms with Gasteiger partial charge in [-0.2, -0.15) is 0 Å². The summed E-state index contributed by atoms with van der Waals surface area (Å²) in [6.07, 6.45) is 5.13. The van der Waals surface area contributed by atoms with Crippen LogP contribution in [-0.4, -0.2) is 17.9 Å². The smallest absolute Gasteiger partial charge is 0.253 e. The van der Waals surface area contributed by atoms with Gasteiger partial charge in [-0.15, -0.1) is 0 Å². The maximum atomic E-state index is 12.2. The quantitative estimate of drug-likeness (QED) is 0.811. The van der Waals surface area contributed by atoms with E-state index < -0.39 is 0 Å². The van der Waals surface area contributed by atoms with Crippen molar-refractivity contribution in [2.75, 3.05) is 5.32 Å². The first-order chi connectivity index (χ1) is 11.6. The van der Waals surface area contributed by atoms with Gasteiger partial charge >= 0.3 is 0 Å². The molecule has 2 aromatic carbocycles. The largest absolute Gasteiger partial charge is 0.349 e. The Bertz CT molecular complexity index is 797. The Morgan fingerprint density at radius 1 is 1.08 bits per heavy atom. The molecule has 3 rings (SSSR count). The van der Waals surface area contributed by atoms with Gasteiger partial charge in [0, 0.05) is 17.1 Å². The van der Waals surface area contributed by atoms with Crippen LogP contribution in [-0.2, 0) is 4.79 Å². The van der Waals surface area contributed by atoms with E-state index in [-0.39, 0.29) is 17.9 Å². The van der Waals surface area contributed by atoms with Gasteiger partial charge in [-0.1, -0.05) is 35.9 Å². The molecule has 0 aromatic heterocycles. The zero-order chi connectivity index (χ0) is 16.9. The molecule has 0 aliphatic heterocycles. The zero-order valence-electron chi connectivity index (χ0n) is 13.0. The molecular weight excluding hydrogens is 324 g/mol. The Morgan fingerprint density at radius 2 is 1.88 bits per heavy atom. The third kappa shape index (κ3) is 4.46. The van der Waals surface area contributed by atoms with Gasteiger partial charge in [0.25, 0.3) is 5.91 Å². The highest BCUT2D eigenvalue weighted by Gasteiger charge is 2.24. The van der Waals surface area contributed by atoms with Gasteiger partial charge in [0.15, 0.2) is 0 Å². The molecule has 1 aliphatic rings. The van der Waals surface area contributed by atoms with E-state index in [0.29, 0.717) is 16.3 Å². The van der Waals surface area contributed by atoms with Gasteiger partial charge in [-0.25, -0.2) is 0 Å². The number of para-hydroxylation sites is 1. The van der Waals surface area contributed by atoms with Crippen molar-refractivity contribution in [3.8, 4) is 0 Å². The summed E-state index contributed by atoms with van der Waals surface area (Å²) in [6.45, 7) is 0. The minimum Gasteiger partial charge on any atom is -0.349 e. The fourth-order valence-corrected chi connectivity index (χ4v) is 2.44. The van der Waals surface area contributed by atoms with E-state index in [0.717, 1.165) is 18.4 Å². The van der Waals surface area contributed by atoms with Crippen molar-refractivity contribution in [1.82, 2.24) is 5.32 Å². The lowest BCUT2D eigenvalue weighted by atomic mass is 10.1. The summed E-state index contributed by atoms with van der Waals surface area (Å²) in [4.78, 5) is 24.3. The van der Waals surface area contributed by atoms with E-state index in [1.54, 1.807) is 42.5 Å². The summed E-state index contributed by atoms with van der Waals surface area (Å²) < 4.78 is 0. The normalized spacial score (nSPS) is 13.7. The van der Waals surface area contributed by atoms with Crippen molar-refractivity contribution < 1.29 is 9.59 Å². The lowest BCUT2D eigenvalue weighted by Gasteiger charge is -2.09. The Kier molecular flexibility index (Phi) is 4.96. The number of rotatable bonds is 5. The minimum absolute atomic E-state index is 0.160. The minimum atomic E-state index is -0.304. The van der Waals surface area contributed by atoms with Crippen LogP contribution in [0.4, 0.5) is 5.69 Å². The van der Waals surface area contributed by atoms with E-state index in [1.807, 2.05) is 12.1 Å². The van der Waals surface area contributed by atoms with Crippen LogP contribution in [0.5, 0.6) is 0 Å². The maximum Gasteiger partial charge on any atom is 0.253 e. The fourth-order valence-electron chi connectivity index (χ4n) is 2.24. The molecule has 0 radical (unpaired) electrons. The molecule has 5 heteroatoms. The van der Waals surface area contributed by atoms with Crippen molar-refractivity contribution in [1.29, 1.82) is 0 Å². The lowest BCUT2D eigenvalue weighted by molar-refractivity contribution is -0.111. The zero-order valence-corrected chi connectivity index (χ0v) is 13.7. The van der Waals surface area contributed by atoms with Crippen LogP contribution < -0.4 is 10.6 Å². The third-order valence-electron chi connectivity index (χ3n) is 3.62. The van der Waals surface area contributed by atoms with Crippen molar-refractivity contribution in [3.05, 3.63) is 70.8 Å². The highest BCUT2D eigenvalue weighted by molar-refractivity contribution is 6.30. The summed E-state index contributed by atoms with van der Waals surface area (Å²) in [5.41, 5.74) is 1.79. The van der Waals surface area contributed by atoms with Gasteiger partial charge in [-0.05, 0) is 48.7 Å². The molecule has 0 atom stereocenters. The Labute approximate surface area is 145 Å².